The van der Waals surface area contributed by atoms with E-state index in [4.69, 9.17) is 9.47 Å². The highest BCUT2D eigenvalue weighted by molar-refractivity contribution is 5.86. The molecule has 0 atom stereocenters. The second-order valence-corrected chi connectivity index (χ2v) is 6.78. The number of carbonyl (C=O) groups excluding carboxylic acids is 1. The Balaban J connectivity index is 1.70. The number of esters is 1. The maximum atomic E-state index is 12.8. The van der Waals surface area contributed by atoms with E-state index < -0.39 is 0 Å². The van der Waals surface area contributed by atoms with Crippen molar-refractivity contribution >= 4 is 16.7 Å². The molecule has 3 heteroatoms. The van der Waals surface area contributed by atoms with Gasteiger partial charge in [0.15, 0.2) is 0 Å². The summed E-state index contributed by atoms with van der Waals surface area (Å²) in [4.78, 5) is 12.8. The molecule has 0 aromatic heterocycles. The quantitative estimate of drug-likeness (QED) is 0.735. The van der Waals surface area contributed by atoms with Crippen LogP contribution in [0.1, 0.15) is 44.6 Å². The average Bonchev–Trinajstić information content (AvgIpc) is 2.66. The van der Waals surface area contributed by atoms with Crippen LogP contribution in [0.3, 0.4) is 0 Å². The lowest BCUT2D eigenvalue weighted by molar-refractivity contribution is -0.161. The van der Waals surface area contributed by atoms with Crippen LogP contribution in [-0.2, 0) is 20.9 Å². The molecule has 0 heterocycles. The molecule has 0 saturated heterocycles. The van der Waals surface area contributed by atoms with Crippen molar-refractivity contribution < 1.29 is 14.3 Å². The third-order valence-electron chi connectivity index (χ3n) is 5.57. The minimum absolute atomic E-state index is 0.0486. The lowest BCUT2D eigenvalue weighted by Crippen LogP contribution is -2.38. The van der Waals surface area contributed by atoms with Crippen molar-refractivity contribution in [2.45, 2.75) is 51.7 Å². The minimum Gasteiger partial charge on any atom is -0.460 e. The standard InChI is InChI=1S/C21H26O3/c1-3-21(13-11-18(23-2)12-14-21)20(22)24-15-17-9-6-8-16-7-4-5-10-19(16)17/h4-10,18H,3,11-15H2,1-2H3. The number of ether oxygens (including phenoxy) is 2. The molecule has 0 bridgehead atoms. The van der Waals surface area contributed by atoms with Crippen molar-refractivity contribution in [2.24, 2.45) is 5.41 Å². The van der Waals surface area contributed by atoms with Crippen molar-refractivity contribution in [2.75, 3.05) is 7.11 Å². The molecule has 0 amide bonds. The summed E-state index contributed by atoms with van der Waals surface area (Å²) in [5.74, 6) is -0.0486. The number of rotatable bonds is 5. The van der Waals surface area contributed by atoms with Crippen molar-refractivity contribution in [1.29, 1.82) is 0 Å². The van der Waals surface area contributed by atoms with Crippen LogP contribution in [0.4, 0.5) is 0 Å². The van der Waals surface area contributed by atoms with E-state index in [-0.39, 0.29) is 17.5 Å². The molecule has 3 rings (SSSR count). The number of methoxy groups -OCH3 is 1. The summed E-state index contributed by atoms with van der Waals surface area (Å²) >= 11 is 0. The predicted molar refractivity (Wildman–Crippen MR) is 95.7 cm³/mol. The molecular weight excluding hydrogens is 300 g/mol. The Bertz CT molecular complexity index is 694. The van der Waals surface area contributed by atoms with E-state index in [1.54, 1.807) is 7.11 Å². The molecule has 0 aliphatic heterocycles. The Hall–Kier alpha value is -1.87. The van der Waals surface area contributed by atoms with Crippen molar-refractivity contribution in [3.8, 4) is 0 Å². The molecule has 1 saturated carbocycles. The third-order valence-corrected chi connectivity index (χ3v) is 5.57. The highest BCUT2D eigenvalue weighted by Crippen LogP contribution is 2.41. The van der Waals surface area contributed by atoms with Gasteiger partial charge in [0.05, 0.1) is 11.5 Å². The van der Waals surface area contributed by atoms with Crippen LogP contribution in [0, 0.1) is 5.41 Å². The lowest BCUT2D eigenvalue weighted by atomic mass is 9.71. The van der Waals surface area contributed by atoms with Gasteiger partial charge in [0.25, 0.3) is 0 Å². The molecule has 0 radical (unpaired) electrons. The summed E-state index contributed by atoms with van der Waals surface area (Å²) in [6.45, 7) is 2.43. The average molecular weight is 326 g/mol. The highest BCUT2D eigenvalue weighted by Gasteiger charge is 2.41. The van der Waals surface area contributed by atoms with Crippen LogP contribution >= 0.6 is 0 Å². The molecule has 1 fully saturated rings. The fraction of sp³-hybridized carbons (Fsp3) is 0.476. The SMILES string of the molecule is CCC1(C(=O)OCc2cccc3ccccc23)CCC(OC)CC1. The third kappa shape index (κ3) is 3.32. The van der Waals surface area contributed by atoms with Gasteiger partial charge in [0, 0.05) is 7.11 Å². The molecule has 3 nitrogen and oxygen atoms in total. The van der Waals surface area contributed by atoms with Gasteiger partial charge < -0.3 is 9.47 Å². The largest absolute Gasteiger partial charge is 0.460 e. The zero-order valence-corrected chi connectivity index (χ0v) is 14.6. The van der Waals surface area contributed by atoms with E-state index in [0.29, 0.717) is 6.61 Å². The van der Waals surface area contributed by atoms with Crippen LogP contribution in [-0.4, -0.2) is 19.2 Å². The maximum Gasteiger partial charge on any atom is 0.312 e. The molecule has 1 aliphatic carbocycles. The number of hydrogen-bond donors (Lipinski definition) is 0. The van der Waals surface area contributed by atoms with Gasteiger partial charge in [-0.2, -0.15) is 0 Å². The molecule has 0 unspecified atom stereocenters. The summed E-state index contributed by atoms with van der Waals surface area (Å²) in [7, 11) is 1.75. The smallest absolute Gasteiger partial charge is 0.312 e. The Labute approximate surface area is 144 Å². The minimum atomic E-state index is -0.334. The molecule has 24 heavy (non-hydrogen) atoms. The zero-order valence-electron chi connectivity index (χ0n) is 14.6. The number of hydrogen-bond acceptors (Lipinski definition) is 3. The molecule has 0 N–H and O–H groups in total. The number of benzene rings is 2. The Morgan fingerprint density at radius 1 is 1.12 bits per heavy atom. The monoisotopic (exact) mass is 326 g/mol. The van der Waals surface area contributed by atoms with E-state index in [2.05, 4.69) is 25.1 Å². The normalized spacial score (nSPS) is 24.0. The van der Waals surface area contributed by atoms with E-state index >= 15 is 0 Å². The lowest BCUT2D eigenvalue weighted by Gasteiger charge is -2.37. The van der Waals surface area contributed by atoms with E-state index in [0.717, 1.165) is 43.1 Å². The van der Waals surface area contributed by atoms with Crippen LogP contribution in [0.25, 0.3) is 10.8 Å². The van der Waals surface area contributed by atoms with Crippen molar-refractivity contribution in [3.05, 3.63) is 48.0 Å². The van der Waals surface area contributed by atoms with Crippen molar-refractivity contribution in [3.63, 3.8) is 0 Å². The zero-order chi connectivity index (χ0) is 17.0. The number of carbonyl (C=O) groups is 1. The maximum absolute atomic E-state index is 12.8. The Kier molecular flexibility index (Phi) is 5.20. The van der Waals surface area contributed by atoms with Crippen LogP contribution in [0.5, 0.6) is 0 Å². The van der Waals surface area contributed by atoms with Gasteiger partial charge >= 0.3 is 5.97 Å². The molecular formula is C21H26O3. The summed E-state index contributed by atoms with van der Waals surface area (Å²) in [6.07, 6.45) is 4.71. The molecule has 0 spiro atoms. The first-order valence-electron chi connectivity index (χ1n) is 8.85. The first-order valence-corrected chi connectivity index (χ1v) is 8.85. The fourth-order valence-corrected chi connectivity index (χ4v) is 3.80. The van der Waals surface area contributed by atoms with Gasteiger partial charge in [0.2, 0.25) is 0 Å². The first kappa shape index (κ1) is 17.0. The Morgan fingerprint density at radius 2 is 1.83 bits per heavy atom. The van der Waals surface area contributed by atoms with E-state index in [1.165, 1.54) is 5.39 Å². The summed E-state index contributed by atoms with van der Waals surface area (Å²) < 4.78 is 11.2. The summed E-state index contributed by atoms with van der Waals surface area (Å²) in [5, 5.41) is 2.33. The highest BCUT2D eigenvalue weighted by atomic mass is 16.5. The molecule has 2 aromatic carbocycles. The molecule has 1 aliphatic rings. The molecule has 128 valence electrons. The van der Waals surface area contributed by atoms with Crippen molar-refractivity contribution in [1.82, 2.24) is 0 Å². The van der Waals surface area contributed by atoms with E-state index in [1.807, 2.05) is 24.3 Å². The number of fused-ring (bicyclic) bond motifs is 1. The van der Waals surface area contributed by atoms with Crippen LogP contribution in [0.15, 0.2) is 42.5 Å². The van der Waals surface area contributed by atoms with Gasteiger partial charge in [-0.3, -0.25) is 4.79 Å². The van der Waals surface area contributed by atoms with Gasteiger partial charge in [-0.15, -0.1) is 0 Å². The first-order chi connectivity index (χ1) is 11.7. The Morgan fingerprint density at radius 3 is 2.54 bits per heavy atom. The topological polar surface area (TPSA) is 35.5 Å². The van der Waals surface area contributed by atoms with Crippen LogP contribution in [0.2, 0.25) is 0 Å². The summed E-state index contributed by atoms with van der Waals surface area (Å²) in [5.41, 5.74) is 0.734. The van der Waals surface area contributed by atoms with Crippen LogP contribution < -0.4 is 0 Å². The second kappa shape index (κ2) is 7.35. The predicted octanol–water partition coefficient (Wildman–Crippen LogP) is 4.87. The van der Waals surface area contributed by atoms with Gasteiger partial charge in [-0.25, -0.2) is 0 Å². The molecule has 2 aromatic rings. The van der Waals surface area contributed by atoms with Gasteiger partial charge in [-0.1, -0.05) is 49.4 Å². The fourth-order valence-electron chi connectivity index (χ4n) is 3.80. The van der Waals surface area contributed by atoms with Gasteiger partial charge in [-0.05, 0) is 48.4 Å². The van der Waals surface area contributed by atoms with Gasteiger partial charge in [0.1, 0.15) is 6.61 Å². The second-order valence-electron chi connectivity index (χ2n) is 6.78. The summed E-state index contributed by atoms with van der Waals surface area (Å²) in [6, 6.07) is 14.4. The van der Waals surface area contributed by atoms with E-state index in [9.17, 15) is 4.79 Å².